The number of hydrogen-bond donors (Lipinski definition) is 2. The van der Waals surface area contributed by atoms with Crippen LogP contribution in [-0.4, -0.2) is 60.8 Å². The maximum atomic E-state index is 12.1. The number of hydrogen-bond acceptors (Lipinski definition) is 5. The van der Waals surface area contributed by atoms with Crippen molar-refractivity contribution < 1.29 is 19.1 Å². The van der Waals surface area contributed by atoms with Gasteiger partial charge in [-0.25, -0.2) is 4.79 Å². The zero-order valence-electron chi connectivity index (χ0n) is 17.9. The van der Waals surface area contributed by atoms with Crippen LogP contribution in [0.5, 0.6) is 0 Å². The van der Waals surface area contributed by atoms with E-state index in [0.717, 1.165) is 18.6 Å². The molecule has 0 spiro atoms. The highest BCUT2D eigenvalue weighted by atomic mass is 32.2. The molecule has 0 radical (unpaired) electrons. The number of carbonyl (C=O) groups excluding carboxylic acids is 3. The number of amides is 3. The van der Waals surface area contributed by atoms with Crippen molar-refractivity contribution in [3.8, 4) is 0 Å². The number of nitrogens with zero attached hydrogens (tertiary/aromatic N) is 1. The zero-order chi connectivity index (χ0) is 21.8. The molecule has 0 aromatic heterocycles. The molecule has 3 amide bonds. The highest BCUT2D eigenvalue weighted by molar-refractivity contribution is 7.99. The molecule has 30 heavy (non-hydrogen) atoms. The molecule has 1 aromatic carbocycles. The Morgan fingerprint density at radius 2 is 1.97 bits per heavy atom. The van der Waals surface area contributed by atoms with E-state index in [0.29, 0.717) is 44.8 Å². The fraction of sp³-hybridized carbons (Fsp3) is 0.591. The smallest absolute Gasteiger partial charge is 0.409 e. The van der Waals surface area contributed by atoms with Crippen LogP contribution in [0.25, 0.3) is 0 Å². The van der Waals surface area contributed by atoms with E-state index in [2.05, 4.69) is 35.8 Å². The fourth-order valence-electron chi connectivity index (χ4n) is 3.31. The van der Waals surface area contributed by atoms with Crippen molar-refractivity contribution >= 4 is 29.7 Å². The Morgan fingerprint density at radius 3 is 2.67 bits per heavy atom. The van der Waals surface area contributed by atoms with E-state index >= 15 is 0 Å². The Hall–Kier alpha value is -2.22. The first-order valence-electron chi connectivity index (χ1n) is 10.6. The van der Waals surface area contributed by atoms with Crippen molar-refractivity contribution in [2.24, 2.45) is 0 Å². The molecule has 2 rings (SSSR count). The van der Waals surface area contributed by atoms with Crippen LogP contribution in [-0.2, 0) is 20.1 Å². The maximum absolute atomic E-state index is 12.1. The number of thioether (sulfide) groups is 1. The van der Waals surface area contributed by atoms with Gasteiger partial charge < -0.3 is 20.3 Å². The molecule has 1 saturated heterocycles. The van der Waals surface area contributed by atoms with E-state index in [1.807, 2.05) is 6.07 Å². The highest BCUT2D eigenvalue weighted by Gasteiger charge is 2.24. The Balaban J connectivity index is 1.50. The Morgan fingerprint density at radius 1 is 1.20 bits per heavy atom. The molecule has 1 heterocycles. The molecule has 1 aliphatic rings. The number of aryl methyl sites for hydroxylation is 1. The largest absolute Gasteiger partial charge is 0.450 e. The van der Waals surface area contributed by atoms with Gasteiger partial charge in [-0.05, 0) is 38.7 Å². The molecule has 1 fully saturated rings. The van der Waals surface area contributed by atoms with E-state index in [1.165, 1.54) is 11.1 Å². The minimum atomic E-state index is -0.282. The minimum absolute atomic E-state index is 0.000557. The summed E-state index contributed by atoms with van der Waals surface area (Å²) in [5, 5.41) is 5.89. The van der Waals surface area contributed by atoms with Gasteiger partial charge in [-0.15, -0.1) is 11.8 Å². The van der Waals surface area contributed by atoms with Crippen LogP contribution in [0.2, 0.25) is 0 Å². The maximum Gasteiger partial charge on any atom is 0.409 e. The zero-order valence-corrected chi connectivity index (χ0v) is 18.8. The van der Waals surface area contributed by atoms with Crippen molar-refractivity contribution in [2.45, 2.75) is 51.3 Å². The van der Waals surface area contributed by atoms with Crippen LogP contribution >= 0.6 is 11.8 Å². The Bertz CT molecular complexity index is 705. The van der Waals surface area contributed by atoms with Crippen molar-refractivity contribution in [3.05, 3.63) is 35.4 Å². The summed E-state index contributed by atoms with van der Waals surface area (Å²) < 4.78 is 5.00. The summed E-state index contributed by atoms with van der Waals surface area (Å²) in [5.74, 6) is 1.22. The van der Waals surface area contributed by atoms with Crippen LogP contribution in [0.1, 0.15) is 43.7 Å². The summed E-state index contributed by atoms with van der Waals surface area (Å²) in [4.78, 5) is 37.4. The summed E-state index contributed by atoms with van der Waals surface area (Å²) in [6, 6.07) is 8.38. The van der Waals surface area contributed by atoms with Gasteiger partial charge in [0.25, 0.3) is 0 Å². The molecule has 0 saturated carbocycles. The number of piperidine rings is 1. The number of nitrogens with one attached hydrogen (secondary N) is 2. The summed E-state index contributed by atoms with van der Waals surface area (Å²) in [7, 11) is 0. The van der Waals surface area contributed by atoms with E-state index in [1.54, 1.807) is 23.6 Å². The summed E-state index contributed by atoms with van der Waals surface area (Å²) in [6.07, 6.45) is 2.19. The third-order valence-electron chi connectivity index (χ3n) is 4.87. The van der Waals surface area contributed by atoms with E-state index in [4.69, 9.17) is 4.74 Å². The molecular weight excluding hydrogens is 402 g/mol. The average Bonchev–Trinajstić information content (AvgIpc) is 2.72. The molecule has 1 aromatic rings. The molecule has 0 aliphatic carbocycles. The van der Waals surface area contributed by atoms with Gasteiger partial charge in [0.15, 0.2) is 0 Å². The van der Waals surface area contributed by atoms with E-state index in [-0.39, 0.29) is 23.9 Å². The lowest BCUT2D eigenvalue weighted by molar-refractivity contribution is -0.122. The molecule has 0 bridgehead atoms. The number of rotatable bonds is 10. The van der Waals surface area contributed by atoms with Crippen LogP contribution in [0.3, 0.4) is 0 Å². The number of carbonyl (C=O) groups is 3. The summed E-state index contributed by atoms with van der Waals surface area (Å²) in [5.41, 5.74) is 2.44. The first-order chi connectivity index (χ1) is 14.5. The number of likely N-dealkylation sites (tertiary alicyclic amines) is 1. The first kappa shape index (κ1) is 24.1. The van der Waals surface area contributed by atoms with Gasteiger partial charge in [-0.2, -0.15) is 0 Å². The quantitative estimate of drug-likeness (QED) is 0.552. The first-order valence-corrected chi connectivity index (χ1v) is 11.7. The Kier molecular flexibility index (Phi) is 10.5. The molecule has 7 nitrogen and oxygen atoms in total. The van der Waals surface area contributed by atoms with Crippen LogP contribution in [0, 0.1) is 6.92 Å². The molecule has 0 unspecified atom stereocenters. The number of ether oxygens (including phenoxy) is 1. The molecular formula is C22H33N3O4S. The molecule has 8 heteroatoms. The highest BCUT2D eigenvalue weighted by Crippen LogP contribution is 2.13. The predicted molar refractivity (Wildman–Crippen MR) is 119 cm³/mol. The lowest BCUT2D eigenvalue weighted by atomic mass is 10.1. The SMILES string of the molecule is CCOC(=O)N1CCC(NC(=O)CCCNC(=O)CSCc2cccc(C)c2)CC1. The molecule has 0 atom stereocenters. The lowest BCUT2D eigenvalue weighted by Gasteiger charge is -2.31. The van der Waals surface area contributed by atoms with Crippen LogP contribution in [0.4, 0.5) is 4.79 Å². The second-order valence-corrected chi connectivity index (χ2v) is 8.45. The van der Waals surface area contributed by atoms with Gasteiger partial charge in [0.1, 0.15) is 0 Å². The third kappa shape index (κ3) is 9.07. The standard InChI is InChI=1S/C22H33N3O4S/c1-3-29-22(28)25-12-9-19(10-13-25)24-20(26)8-5-11-23-21(27)16-30-15-18-7-4-6-17(2)14-18/h4,6-7,14,19H,3,5,8-13,15-16H2,1-2H3,(H,23,27)(H,24,26). The second-order valence-electron chi connectivity index (χ2n) is 7.46. The predicted octanol–water partition coefficient (Wildman–Crippen LogP) is 2.86. The Labute approximate surface area is 183 Å². The van der Waals surface area contributed by atoms with Gasteiger partial charge in [-0.3, -0.25) is 9.59 Å². The average molecular weight is 436 g/mol. The molecule has 1 aliphatic heterocycles. The van der Waals surface area contributed by atoms with Crippen LogP contribution in [0.15, 0.2) is 24.3 Å². The van der Waals surface area contributed by atoms with Gasteiger partial charge in [0, 0.05) is 37.8 Å². The van der Waals surface area contributed by atoms with E-state index < -0.39 is 0 Å². The number of benzene rings is 1. The summed E-state index contributed by atoms with van der Waals surface area (Å²) in [6.45, 7) is 5.91. The molecule has 2 N–H and O–H groups in total. The van der Waals surface area contributed by atoms with Crippen molar-refractivity contribution in [1.82, 2.24) is 15.5 Å². The van der Waals surface area contributed by atoms with E-state index in [9.17, 15) is 14.4 Å². The monoisotopic (exact) mass is 435 g/mol. The molecule has 166 valence electrons. The van der Waals surface area contributed by atoms with Crippen molar-refractivity contribution in [1.29, 1.82) is 0 Å². The minimum Gasteiger partial charge on any atom is -0.450 e. The van der Waals surface area contributed by atoms with Crippen molar-refractivity contribution in [2.75, 3.05) is 32.0 Å². The van der Waals surface area contributed by atoms with Gasteiger partial charge in [-0.1, -0.05) is 29.8 Å². The lowest BCUT2D eigenvalue weighted by Crippen LogP contribution is -2.46. The third-order valence-corrected chi connectivity index (χ3v) is 5.88. The second kappa shape index (κ2) is 13.2. The van der Waals surface area contributed by atoms with Crippen molar-refractivity contribution in [3.63, 3.8) is 0 Å². The topological polar surface area (TPSA) is 87.7 Å². The summed E-state index contributed by atoms with van der Waals surface area (Å²) >= 11 is 1.59. The van der Waals surface area contributed by atoms with Crippen LogP contribution < -0.4 is 10.6 Å². The van der Waals surface area contributed by atoms with Gasteiger partial charge in [0.05, 0.1) is 12.4 Å². The normalized spacial score (nSPS) is 14.3. The van der Waals surface area contributed by atoms with Gasteiger partial charge >= 0.3 is 6.09 Å². The fourth-order valence-corrected chi connectivity index (χ4v) is 4.12. The van der Waals surface area contributed by atoms with Gasteiger partial charge in [0.2, 0.25) is 11.8 Å².